The van der Waals surface area contributed by atoms with E-state index in [1.165, 1.54) is 23.5 Å². The highest BCUT2D eigenvalue weighted by Gasteiger charge is 2.34. The van der Waals surface area contributed by atoms with Gasteiger partial charge >= 0.3 is 5.97 Å². The van der Waals surface area contributed by atoms with Crippen LogP contribution in [0, 0.1) is 11.8 Å². The van der Waals surface area contributed by atoms with Crippen LogP contribution in [0.2, 0.25) is 0 Å². The van der Waals surface area contributed by atoms with Gasteiger partial charge in [0.2, 0.25) is 15.9 Å². The third kappa shape index (κ3) is 4.98. The molecule has 0 aromatic heterocycles. The maximum absolute atomic E-state index is 12.7. The monoisotopic (exact) mass is 398 g/mol. The number of carbonyl (C=O) groups excluding carboxylic acids is 1. The Morgan fingerprint density at radius 2 is 1.74 bits per heavy atom. The Morgan fingerprint density at radius 1 is 1.19 bits per heavy atom. The van der Waals surface area contributed by atoms with Gasteiger partial charge < -0.3 is 15.2 Å². The van der Waals surface area contributed by atoms with E-state index in [2.05, 4.69) is 5.32 Å². The highest BCUT2D eigenvalue weighted by molar-refractivity contribution is 7.89. The maximum Gasteiger partial charge on any atom is 0.326 e. The van der Waals surface area contributed by atoms with Crippen LogP contribution in [0.25, 0.3) is 0 Å². The van der Waals surface area contributed by atoms with Crippen molar-refractivity contribution in [3.63, 3.8) is 0 Å². The Hall–Kier alpha value is -2.13. The lowest BCUT2D eigenvalue weighted by atomic mass is 9.95. The van der Waals surface area contributed by atoms with Gasteiger partial charge in [0.15, 0.2) is 0 Å². The molecule has 0 aliphatic carbocycles. The minimum Gasteiger partial charge on any atom is -0.497 e. The Bertz CT molecular complexity index is 768. The van der Waals surface area contributed by atoms with Gasteiger partial charge in [-0.2, -0.15) is 4.31 Å². The fraction of sp³-hybridized carbons (Fsp3) is 0.556. The predicted octanol–water partition coefficient (Wildman–Crippen LogP) is 1.32. The van der Waals surface area contributed by atoms with Crippen molar-refractivity contribution in [2.45, 2.75) is 37.6 Å². The first-order valence-corrected chi connectivity index (χ1v) is 10.3. The molecule has 1 saturated heterocycles. The van der Waals surface area contributed by atoms with Crippen LogP contribution in [0.3, 0.4) is 0 Å². The Labute approximate surface area is 159 Å². The average molecular weight is 398 g/mol. The second kappa shape index (κ2) is 8.71. The van der Waals surface area contributed by atoms with Crippen LogP contribution in [0.5, 0.6) is 5.75 Å². The fourth-order valence-corrected chi connectivity index (χ4v) is 4.51. The molecule has 0 unspecified atom stereocenters. The number of sulfonamides is 1. The summed E-state index contributed by atoms with van der Waals surface area (Å²) in [5.41, 5.74) is 0. The fourth-order valence-electron chi connectivity index (χ4n) is 3.04. The molecular formula is C18H26N2O6S. The molecule has 1 aliphatic rings. The summed E-state index contributed by atoms with van der Waals surface area (Å²) < 4.78 is 31.8. The number of nitrogens with one attached hydrogen (secondary N) is 1. The molecule has 2 rings (SSSR count). The van der Waals surface area contributed by atoms with Crippen molar-refractivity contribution in [1.82, 2.24) is 9.62 Å². The molecule has 8 nitrogen and oxygen atoms in total. The second-order valence-electron chi connectivity index (χ2n) is 6.92. The summed E-state index contributed by atoms with van der Waals surface area (Å²) in [6.07, 6.45) is 0.706. The molecule has 1 aromatic rings. The standard InChI is InChI=1S/C18H26N2O6S/c1-12(2)16(18(22)23)19-17(21)13-8-10-20(11-9-13)27(24,25)15-6-4-14(26-3)5-7-15/h4-7,12-13,16H,8-11H2,1-3H3,(H,19,21)(H,22,23)/t16-/m0/s1. The number of piperidine rings is 1. The highest BCUT2D eigenvalue weighted by Crippen LogP contribution is 2.25. The summed E-state index contributed by atoms with van der Waals surface area (Å²) in [5, 5.41) is 11.8. The number of aliphatic carboxylic acids is 1. The van der Waals surface area contributed by atoms with E-state index in [0.29, 0.717) is 18.6 Å². The topological polar surface area (TPSA) is 113 Å². The molecule has 2 N–H and O–H groups in total. The van der Waals surface area contributed by atoms with Gasteiger partial charge in [0.1, 0.15) is 11.8 Å². The lowest BCUT2D eigenvalue weighted by molar-refractivity contribution is -0.144. The molecule has 1 fully saturated rings. The average Bonchev–Trinajstić information content (AvgIpc) is 2.65. The number of carboxylic acids is 1. The van der Waals surface area contributed by atoms with Gasteiger partial charge in [-0.1, -0.05) is 13.8 Å². The molecule has 0 radical (unpaired) electrons. The Kier molecular flexibility index (Phi) is 6.83. The zero-order chi connectivity index (χ0) is 20.2. The third-order valence-corrected chi connectivity index (χ3v) is 6.67. The first kappa shape index (κ1) is 21.2. The number of hydrogen-bond acceptors (Lipinski definition) is 5. The van der Waals surface area contributed by atoms with Gasteiger partial charge in [0.05, 0.1) is 12.0 Å². The summed E-state index contributed by atoms with van der Waals surface area (Å²) in [5.74, 6) is -1.46. The molecule has 0 saturated carbocycles. The van der Waals surface area contributed by atoms with Gasteiger partial charge in [0.25, 0.3) is 0 Å². The van der Waals surface area contributed by atoms with Crippen molar-refractivity contribution in [3.8, 4) is 5.75 Å². The largest absolute Gasteiger partial charge is 0.497 e. The summed E-state index contributed by atoms with van der Waals surface area (Å²) in [7, 11) is -2.13. The number of benzene rings is 1. The van der Waals surface area contributed by atoms with E-state index in [1.807, 2.05) is 0 Å². The molecule has 0 bridgehead atoms. The van der Waals surface area contributed by atoms with Gasteiger partial charge in [-0.15, -0.1) is 0 Å². The van der Waals surface area contributed by atoms with Crippen LogP contribution in [0.4, 0.5) is 0 Å². The quantitative estimate of drug-likeness (QED) is 0.716. The lowest BCUT2D eigenvalue weighted by Gasteiger charge is -2.31. The van der Waals surface area contributed by atoms with Crippen LogP contribution in [0.1, 0.15) is 26.7 Å². The second-order valence-corrected chi connectivity index (χ2v) is 8.86. The predicted molar refractivity (Wildman–Crippen MR) is 98.9 cm³/mol. The van der Waals surface area contributed by atoms with Gasteiger partial charge in [-0.25, -0.2) is 13.2 Å². The summed E-state index contributed by atoms with van der Waals surface area (Å²) in [4.78, 5) is 23.8. The Balaban J connectivity index is 1.99. The summed E-state index contributed by atoms with van der Waals surface area (Å²) in [6.45, 7) is 3.88. The third-order valence-electron chi connectivity index (χ3n) is 4.75. The van der Waals surface area contributed by atoms with Crippen LogP contribution < -0.4 is 10.1 Å². The maximum atomic E-state index is 12.7. The number of hydrogen-bond donors (Lipinski definition) is 2. The molecule has 150 valence electrons. The van der Waals surface area contributed by atoms with Crippen LogP contribution in [0.15, 0.2) is 29.2 Å². The van der Waals surface area contributed by atoms with Crippen molar-refractivity contribution in [3.05, 3.63) is 24.3 Å². The number of carbonyl (C=O) groups is 2. The van der Waals surface area contributed by atoms with Crippen molar-refractivity contribution in [2.24, 2.45) is 11.8 Å². The Morgan fingerprint density at radius 3 is 2.19 bits per heavy atom. The van der Waals surface area contributed by atoms with Crippen molar-refractivity contribution < 1.29 is 27.9 Å². The summed E-state index contributed by atoms with van der Waals surface area (Å²) >= 11 is 0. The van der Waals surface area contributed by atoms with Crippen LogP contribution >= 0.6 is 0 Å². The zero-order valence-electron chi connectivity index (χ0n) is 15.7. The molecule has 1 heterocycles. The zero-order valence-corrected chi connectivity index (χ0v) is 16.5. The molecular weight excluding hydrogens is 372 g/mol. The van der Waals surface area contributed by atoms with Crippen molar-refractivity contribution in [2.75, 3.05) is 20.2 Å². The van der Waals surface area contributed by atoms with Crippen molar-refractivity contribution >= 4 is 21.9 Å². The van der Waals surface area contributed by atoms with E-state index in [9.17, 15) is 23.1 Å². The van der Waals surface area contributed by atoms with Crippen LogP contribution in [-0.4, -0.2) is 55.9 Å². The molecule has 1 amide bonds. The van der Waals surface area contributed by atoms with Crippen LogP contribution in [-0.2, 0) is 19.6 Å². The molecule has 1 aliphatic heterocycles. The number of rotatable bonds is 7. The first-order valence-electron chi connectivity index (χ1n) is 8.84. The number of nitrogens with zero attached hydrogens (tertiary/aromatic N) is 1. The van der Waals surface area contributed by atoms with E-state index in [0.717, 1.165) is 0 Å². The smallest absolute Gasteiger partial charge is 0.326 e. The van der Waals surface area contributed by atoms with Gasteiger partial charge in [-0.05, 0) is 43.0 Å². The van der Waals surface area contributed by atoms with Gasteiger partial charge in [0, 0.05) is 19.0 Å². The highest BCUT2D eigenvalue weighted by atomic mass is 32.2. The number of ether oxygens (including phenoxy) is 1. The minimum absolute atomic E-state index is 0.178. The van der Waals surface area contributed by atoms with E-state index in [-0.39, 0.29) is 29.8 Å². The molecule has 9 heteroatoms. The molecule has 27 heavy (non-hydrogen) atoms. The summed E-state index contributed by atoms with van der Waals surface area (Å²) in [6, 6.07) is 5.22. The van der Waals surface area contributed by atoms with E-state index < -0.39 is 28.0 Å². The molecule has 1 aromatic carbocycles. The number of amides is 1. The SMILES string of the molecule is COc1ccc(S(=O)(=O)N2CCC(C(=O)N[C@H](C(=O)O)C(C)C)CC2)cc1. The van der Waals surface area contributed by atoms with Gasteiger partial charge in [-0.3, -0.25) is 4.79 Å². The lowest BCUT2D eigenvalue weighted by Crippen LogP contribution is -2.49. The van der Waals surface area contributed by atoms with E-state index in [1.54, 1.807) is 26.0 Å². The van der Waals surface area contributed by atoms with E-state index in [4.69, 9.17) is 4.74 Å². The molecule has 1 atom stereocenters. The van der Waals surface area contributed by atoms with Crippen molar-refractivity contribution in [1.29, 1.82) is 0 Å². The molecule has 0 spiro atoms. The first-order chi connectivity index (χ1) is 12.7. The number of carboxylic acid groups (broad SMARTS) is 1. The minimum atomic E-state index is -3.63. The van der Waals surface area contributed by atoms with E-state index >= 15 is 0 Å². The normalized spacial score (nSPS) is 17.5. The number of methoxy groups -OCH3 is 1.